The van der Waals surface area contributed by atoms with Gasteiger partial charge in [-0.2, -0.15) is 0 Å². The number of carbonyl (C=O) groups excluding carboxylic acids is 1. The van der Waals surface area contributed by atoms with Crippen LogP contribution in [0.5, 0.6) is 5.75 Å². The van der Waals surface area contributed by atoms with E-state index in [4.69, 9.17) is 9.84 Å². The van der Waals surface area contributed by atoms with Crippen LogP contribution in [0.1, 0.15) is 12.5 Å². The van der Waals surface area contributed by atoms with Crippen LogP contribution in [-0.4, -0.2) is 30.8 Å². The zero-order valence-corrected chi connectivity index (χ0v) is 9.40. The summed E-state index contributed by atoms with van der Waals surface area (Å²) < 4.78 is 5.30. The Labute approximate surface area is 95.2 Å². The summed E-state index contributed by atoms with van der Waals surface area (Å²) in [5.74, 6) is 0.722. The number of aliphatic hydroxyl groups excluding tert-OH is 1. The highest BCUT2D eigenvalue weighted by molar-refractivity contribution is 5.78. The van der Waals surface area contributed by atoms with E-state index in [9.17, 15) is 4.79 Å². The Hall–Kier alpha value is -1.55. The van der Waals surface area contributed by atoms with Crippen molar-refractivity contribution in [1.29, 1.82) is 0 Å². The largest absolute Gasteiger partial charge is 0.494 e. The third-order valence-corrected chi connectivity index (χ3v) is 2.03. The SMILES string of the molecule is CCOc1ccc(CC(=O)NCCO)cc1. The summed E-state index contributed by atoms with van der Waals surface area (Å²) in [6, 6.07) is 7.42. The van der Waals surface area contributed by atoms with Gasteiger partial charge in [0.05, 0.1) is 19.6 Å². The van der Waals surface area contributed by atoms with Crippen molar-refractivity contribution >= 4 is 5.91 Å². The van der Waals surface area contributed by atoms with E-state index >= 15 is 0 Å². The first-order valence-corrected chi connectivity index (χ1v) is 5.35. The smallest absolute Gasteiger partial charge is 0.224 e. The van der Waals surface area contributed by atoms with Crippen molar-refractivity contribution in [3.63, 3.8) is 0 Å². The summed E-state index contributed by atoms with van der Waals surface area (Å²) in [5, 5.41) is 11.1. The maximum Gasteiger partial charge on any atom is 0.224 e. The third kappa shape index (κ3) is 4.31. The lowest BCUT2D eigenvalue weighted by molar-refractivity contribution is -0.120. The molecule has 0 radical (unpaired) electrons. The van der Waals surface area contributed by atoms with Gasteiger partial charge in [0.2, 0.25) is 5.91 Å². The van der Waals surface area contributed by atoms with E-state index in [0.29, 0.717) is 19.6 Å². The molecule has 1 amide bonds. The van der Waals surface area contributed by atoms with Crippen LogP contribution in [0.2, 0.25) is 0 Å². The van der Waals surface area contributed by atoms with Gasteiger partial charge in [0.1, 0.15) is 5.75 Å². The van der Waals surface area contributed by atoms with E-state index in [1.54, 1.807) is 0 Å². The fraction of sp³-hybridized carbons (Fsp3) is 0.417. The molecule has 88 valence electrons. The van der Waals surface area contributed by atoms with Crippen LogP contribution in [0.25, 0.3) is 0 Å². The molecule has 0 aliphatic rings. The summed E-state index contributed by atoms with van der Waals surface area (Å²) in [6.07, 6.45) is 0.326. The number of benzene rings is 1. The second kappa shape index (κ2) is 6.85. The highest BCUT2D eigenvalue weighted by atomic mass is 16.5. The Morgan fingerprint density at radius 3 is 2.62 bits per heavy atom. The lowest BCUT2D eigenvalue weighted by Gasteiger charge is -2.05. The minimum absolute atomic E-state index is 0.0327. The number of amides is 1. The Bertz CT molecular complexity index is 322. The van der Waals surface area contributed by atoms with Crippen molar-refractivity contribution in [1.82, 2.24) is 5.32 Å². The van der Waals surface area contributed by atoms with Crippen LogP contribution >= 0.6 is 0 Å². The molecule has 1 aromatic rings. The van der Waals surface area contributed by atoms with Crippen LogP contribution in [-0.2, 0) is 11.2 Å². The molecule has 0 aliphatic heterocycles. The first-order valence-electron chi connectivity index (χ1n) is 5.35. The van der Waals surface area contributed by atoms with Gasteiger partial charge < -0.3 is 15.2 Å². The van der Waals surface area contributed by atoms with Crippen LogP contribution in [0, 0.1) is 0 Å². The number of hydrogen-bond acceptors (Lipinski definition) is 3. The van der Waals surface area contributed by atoms with E-state index < -0.39 is 0 Å². The molecule has 0 spiro atoms. The summed E-state index contributed by atoms with van der Waals surface area (Å²) >= 11 is 0. The monoisotopic (exact) mass is 223 g/mol. The molecule has 0 fully saturated rings. The molecular weight excluding hydrogens is 206 g/mol. The molecule has 0 bridgehead atoms. The molecule has 0 unspecified atom stereocenters. The number of carbonyl (C=O) groups is 1. The number of aliphatic hydroxyl groups is 1. The first-order chi connectivity index (χ1) is 7.76. The predicted molar refractivity (Wildman–Crippen MR) is 61.4 cm³/mol. The van der Waals surface area contributed by atoms with Gasteiger partial charge in [0, 0.05) is 6.54 Å². The Morgan fingerprint density at radius 1 is 1.38 bits per heavy atom. The van der Waals surface area contributed by atoms with Crippen molar-refractivity contribution in [2.75, 3.05) is 19.8 Å². The van der Waals surface area contributed by atoms with Gasteiger partial charge in [0.15, 0.2) is 0 Å². The molecule has 1 rings (SSSR count). The van der Waals surface area contributed by atoms with Crippen molar-refractivity contribution in [2.24, 2.45) is 0 Å². The normalized spacial score (nSPS) is 9.88. The molecule has 1 aromatic carbocycles. The zero-order valence-electron chi connectivity index (χ0n) is 9.40. The molecule has 0 aliphatic carbocycles. The number of hydrogen-bond donors (Lipinski definition) is 2. The first kappa shape index (κ1) is 12.5. The summed E-state index contributed by atoms with van der Waals surface area (Å²) in [4.78, 5) is 11.3. The number of rotatable bonds is 6. The zero-order chi connectivity index (χ0) is 11.8. The second-order valence-corrected chi connectivity index (χ2v) is 3.33. The van der Waals surface area contributed by atoms with Crippen LogP contribution in [0.15, 0.2) is 24.3 Å². The summed E-state index contributed by atoms with van der Waals surface area (Å²) in [5.41, 5.74) is 0.930. The maximum absolute atomic E-state index is 11.3. The Morgan fingerprint density at radius 2 is 2.06 bits per heavy atom. The molecule has 0 saturated carbocycles. The standard InChI is InChI=1S/C12H17NO3/c1-2-16-11-5-3-10(4-6-11)9-12(15)13-7-8-14/h3-6,14H,2,7-9H2,1H3,(H,13,15). The van der Waals surface area contributed by atoms with Gasteiger partial charge in [-0.15, -0.1) is 0 Å². The quantitative estimate of drug-likeness (QED) is 0.747. The van der Waals surface area contributed by atoms with E-state index in [2.05, 4.69) is 5.32 Å². The van der Waals surface area contributed by atoms with Crippen LogP contribution in [0.3, 0.4) is 0 Å². The molecule has 2 N–H and O–H groups in total. The van der Waals surface area contributed by atoms with Crippen LogP contribution in [0.4, 0.5) is 0 Å². The minimum atomic E-state index is -0.0850. The average Bonchev–Trinajstić information content (AvgIpc) is 2.29. The highest BCUT2D eigenvalue weighted by Crippen LogP contribution is 2.12. The molecule has 4 heteroatoms. The molecule has 0 heterocycles. The Balaban J connectivity index is 2.45. The van der Waals surface area contributed by atoms with Gasteiger partial charge in [-0.05, 0) is 24.6 Å². The lowest BCUT2D eigenvalue weighted by Crippen LogP contribution is -2.27. The fourth-order valence-electron chi connectivity index (χ4n) is 1.31. The Kier molecular flexibility index (Phi) is 5.36. The van der Waals surface area contributed by atoms with Crippen molar-refractivity contribution in [3.05, 3.63) is 29.8 Å². The minimum Gasteiger partial charge on any atom is -0.494 e. The van der Waals surface area contributed by atoms with Gasteiger partial charge in [-0.1, -0.05) is 12.1 Å². The lowest BCUT2D eigenvalue weighted by atomic mass is 10.1. The topological polar surface area (TPSA) is 58.6 Å². The summed E-state index contributed by atoms with van der Waals surface area (Å²) in [7, 11) is 0. The van der Waals surface area contributed by atoms with Crippen molar-refractivity contribution in [2.45, 2.75) is 13.3 Å². The van der Waals surface area contributed by atoms with E-state index in [1.807, 2.05) is 31.2 Å². The average molecular weight is 223 g/mol. The molecule has 16 heavy (non-hydrogen) atoms. The van der Waals surface area contributed by atoms with Gasteiger partial charge in [0.25, 0.3) is 0 Å². The molecule has 0 aromatic heterocycles. The predicted octanol–water partition coefficient (Wildman–Crippen LogP) is 0.736. The molecule has 0 saturated heterocycles. The molecule has 0 atom stereocenters. The van der Waals surface area contributed by atoms with Gasteiger partial charge >= 0.3 is 0 Å². The number of ether oxygens (including phenoxy) is 1. The third-order valence-electron chi connectivity index (χ3n) is 2.03. The van der Waals surface area contributed by atoms with Gasteiger partial charge in [-0.25, -0.2) is 0 Å². The van der Waals surface area contributed by atoms with Crippen molar-refractivity contribution in [3.8, 4) is 5.75 Å². The maximum atomic E-state index is 11.3. The van der Waals surface area contributed by atoms with Gasteiger partial charge in [-0.3, -0.25) is 4.79 Å². The van der Waals surface area contributed by atoms with Crippen LogP contribution < -0.4 is 10.1 Å². The molecule has 4 nitrogen and oxygen atoms in total. The van der Waals surface area contributed by atoms with E-state index in [0.717, 1.165) is 11.3 Å². The highest BCUT2D eigenvalue weighted by Gasteiger charge is 2.02. The van der Waals surface area contributed by atoms with E-state index in [1.165, 1.54) is 0 Å². The molecular formula is C12H17NO3. The number of nitrogens with one attached hydrogen (secondary N) is 1. The van der Waals surface area contributed by atoms with E-state index in [-0.39, 0.29) is 12.5 Å². The van der Waals surface area contributed by atoms with Crippen molar-refractivity contribution < 1.29 is 14.6 Å². The fourth-order valence-corrected chi connectivity index (χ4v) is 1.31. The second-order valence-electron chi connectivity index (χ2n) is 3.33. The summed E-state index contributed by atoms with van der Waals surface area (Å²) in [6.45, 7) is 2.83.